The second-order valence-electron chi connectivity index (χ2n) is 6.72. The van der Waals surface area contributed by atoms with Crippen LogP contribution in [0, 0.1) is 0 Å². The van der Waals surface area contributed by atoms with Crippen LogP contribution in [0.1, 0.15) is 58.0 Å². The van der Waals surface area contributed by atoms with Crippen LogP contribution in [0.2, 0.25) is 0 Å². The standard InChI is InChI=1S/C17H17F5N4O2.C2H6/c1-16(2,3)28-15(27)26-5-9-4-12(23-8-11(9)13(18)19)10-6-24-14(25-7-10)17(20,21)22;1-2/h4,6-8,13H,5H2,1-3H3,(H,26,27);1-2H3. The Morgan fingerprint density at radius 3 is 2.10 bits per heavy atom. The number of nitrogens with one attached hydrogen (secondary N) is 1. The molecule has 0 spiro atoms. The number of aromatic nitrogens is 3. The lowest BCUT2D eigenvalue weighted by atomic mass is 10.1. The number of carbonyl (C=O) groups is 1. The zero-order chi connectivity index (χ0) is 23.1. The molecule has 0 fully saturated rings. The molecule has 0 radical (unpaired) electrons. The Hall–Kier alpha value is -2.85. The summed E-state index contributed by atoms with van der Waals surface area (Å²) in [7, 11) is 0. The number of alkyl halides is 5. The van der Waals surface area contributed by atoms with Gasteiger partial charge in [0.25, 0.3) is 6.43 Å². The predicted octanol–water partition coefficient (Wildman–Crippen LogP) is 5.55. The normalized spacial score (nSPS) is 11.6. The molecule has 2 rings (SSSR count). The number of carbonyl (C=O) groups excluding carboxylic acids is 1. The molecular formula is C19H23F5N4O2. The number of halogens is 5. The molecule has 166 valence electrons. The first-order chi connectivity index (χ1) is 13.9. The van der Waals surface area contributed by atoms with Crippen LogP contribution in [0.15, 0.2) is 24.7 Å². The Balaban J connectivity index is 0.00000218. The summed E-state index contributed by atoms with van der Waals surface area (Å²) in [5.74, 6) is -1.33. The van der Waals surface area contributed by atoms with Gasteiger partial charge in [-0.2, -0.15) is 13.2 Å². The van der Waals surface area contributed by atoms with Crippen LogP contribution in [0.25, 0.3) is 11.3 Å². The number of amides is 1. The van der Waals surface area contributed by atoms with Crippen molar-refractivity contribution < 1.29 is 31.5 Å². The summed E-state index contributed by atoms with van der Waals surface area (Å²) in [5, 5.41) is 2.36. The molecule has 0 unspecified atom stereocenters. The molecule has 0 aliphatic carbocycles. The van der Waals surface area contributed by atoms with Crippen molar-refractivity contribution in [3.05, 3.63) is 41.6 Å². The minimum Gasteiger partial charge on any atom is -0.444 e. The fourth-order valence-corrected chi connectivity index (χ4v) is 2.10. The minimum absolute atomic E-state index is 0.0331. The molecule has 11 heteroatoms. The third kappa shape index (κ3) is 7.53. The Kier molecular flexibility index (Phi) is 8.61. The number of hydrogen-bond acceptors (Lipinski definition) is 5. The second-order valence-corrected chi connectivity index (χ2v) is 6.72. The Morgan fingerprint density at radius 2 is 1.63 bits per heavy atom. The minimum atomic E-state index is -4.70. The van der Waals surface area contributed by atoms with Gasteiger partial charge in [-0.25, -0.2) is 23.5 Å². The van der Waals surface area contributed by atoms with E-state index >= 15 is 0 Å². The van der Waals surface area contributed by atoms with Gasteiger partial charge in [0.1, 0.15) is 5.60 Å². The Bertz CT molecular complexity index is 834. The summed E-state index contributed by atoms with van der Waals surface area (Å²) in [4.78, 5) is 22.0. The van der Waals surface area contributed by atoms with Crippen LogP contribution in [-0.2, 0) is 17.5 Å². The molecular weight excluding hydrogens is 411 g/mol. The van der Waals surface area contributed by atoms with Gasteiger partial charge in [0.15, 0.2) is 0 Å². The summed E-state index contributed by atoms with van der Waals surface area (Å²) >= 11 is 0. The molecule has 0 saturated carbocycles. The van der Waals surface area contributed by atoms with Gasteiger partial charge >= 0.3 is 12.3 Å². The van der Waals surface area contributed by atoms with E-state index in [0.29, 0.717) is 0 Å². The topological polar surface area (TPSA) is 77.0 Å². The molecule has 0 atom stereocenters. The van der Waals surface area contributed by atoms with Crippen molar-refractivity contribution in [3.8, 4) is 11.3 Å². The van der Waals surface area contributed by atoms with E-state index in [0.717, 1.165) is 18.6 Å². The summed E-state index contributed by atoms with van der Waals surface area (Å²) in [6, 6.07) is 1.23. The van der Waals surface area contributed by atoms with E-state index in [9.17, 15) is 26.7 Å². The molecule has 1 N–H and O–H groups in total. The third-order valence-electron chi connectivity index (χ3n) is 3.28. The van der Waals surface area contributed by atoms with E-state index < -0.39 is 35.7 Å². The molecule has 0 aliphatic rings. The van der Waals surface area contributed by atoms with E-state index in [-0.39, 0.29) is 23.4 Å². The van der Waals surface area contributed by atoms with Gasteiger partial charge in [0.05, 0.1) is 5.69 Å². The predicted molar refractivity (Wildman–Crippen MR) is 99.6 cm³/mol. The maximum absolute atomic E-state index is 13.2. The SMILES string of the molecule is CC.CC(C)(C)OC(=O)NCc1cc(-c2cnc(C(F)(F)F)nc2)ncc1C(F)F. The lowest BCUT2D eigenvalue weighted by Gasteiger charge is -2.20. The van der Waals surface area contributed by atoms with Gasteiger partial charge in [-0.05, 0) is 32.4 Å². The quantitative estimate of drug-likeness (QED) is 0.639. The lowest BCUT2D eigenvalue weighted by molar-refractivity contribution is -0.145. The van der Waals surface area contributed by atoms with Crippen molar-refractivity contribution >= 4 is 6.09 Å². The van der Waals surface area contributed by atoms with Gasteiger partial charge in [-0.3, -0.25) is 4.98 Å². The molecule has 6 nitrogen and oxygen atoms in total. The first-order valence-corrected chi connectivity index (χ1v) is 9.00. The maximum Gasteiger partial charge on any atom is 0.451 e. The van der Waals surface area contributed by atoms with Gasteiger partial charge in [0.2, 0.25) is 5.82 Å². The van der Waals surface area contributed by atoms with Gasteiger partial charge in [-0.1, -0.05) is 13.8 Å². The van der Waals surface area contributed by atoms with Gasteiger partial charge in [-0.15, -0.1) is 0 Å². The zero-order valence-electron chi connectivity index (χ0n) is 17.1. The average molecular weight is 434 g/mol. The highest BCUT2D eigenvalue weighted by molar-refractivity contribution is 5.68. The van der Waals surface area contributed by atoms with Crippen molar-refractivity contribution in [1.29, 1.82) is 0 Å². The number of ether oxygens (including phenoxy) is 1. The molecule has 0 aliphatic heterocycles. The van der Waals surface area contributed by atoms with Crippen LogP contribution in [0.3, 0.4) is 0 Å². The van der Waals surface area contributed by atoms with Crippen LogP contribution in [0.4, 0.5) is 26.7 Å². The monoisotopic (exact) mass is 434 g/mol. The highest BCUT2D eigenvalue weighted by atomic mass is 19.4. The first kappa shape index (κ1) is 25.2. The third-order valence-corrected chi connectivity index (χ3v) is 3.28. The number of pyridine rings is 1. The molecule has 2 heterocycles. The Labute approximate surface area is 170 Å². The molecule has 2 aromatic heterocycles. The second kappa shape index (κ2) is 10.3. The summed E-state index contributed by atoms with van der Waals surface area (Å²) < 4.78 is 69.1. The van der Waals surface area contributed by atoms with Gasteiger partial charge < -0.3 is 10.1 Å². The van der Waals surface area contributed by atoms with E-state index in [1.54, 1.807) is 20.8 Å². The average Bonchev–Trinajstić information content (AvgIpc) is 2.65. The fourth-order valence-electron chi connectivity index (χ4n) is 2.10. The van der Waals surface area contributed by atoms with Crippen molar-refractivity contribution in [2.45, 2.75) is 59.4 Å². The van der Waals surface area contributed by atoms with Crippen LogP contribution in [0.5, 0.6) is 0 Å². The zero-order valence-corrected chi connectivity index (χ0v) is 17.1. The van der Waals surface area contributed by atoms with E-state index in [1.165, 1.54) is 6.07 Å². The molecule has 0 bridgehead atoms. The van der Waals surface area contributed by atoms with Crippen molar-refractivity contribution in [2.24, 2.45) is 0 Å². The van der Waals surface area contributed by atoms with Crippen molar-refractivity contribution in [2.75, 3.05) is 0 Å². The summed E-state index contributed by atoms with van der Waals surface area (Å²) in [5.41, 5.74) is -0.971. The summed E-state index contributed by atoms with van der Waals surface area (Å²) in [6.45, 7) is 8.65. The van der Waals surface area contributed by atoms with E-state index in [4.69, 9.17) is 4.74 Å². The smallest absolute Gasteiger partial charge is 0.444 e. The van der Waals surface area contributed by atoms with Crippen molar-refractivity contribution in [3.63, 3.8) is 0 Å². The first-order valence-electron chi connectivity index (χ1n) is 9.00. The van der Waals surface area contributed by atoms with E-state index in [2.05, 4.69) is 20.3 Å². The van der Waals surface area contributed by atoms with Gasteiger partial charge in [0, 0.05) is 36.3 Å². The number of alkyl carbamates (subject to hydrolysis) is 1. The molecule has 1 amide bonds. The number of hydrogen-bond donors (Lipinski definition) is 1. The molecule has 2 aromatic rings. The van der Waals surface area contributed by atoms with E-state index in [1.807, 2.05) is 13.8 Å². The molecule has 0 aromatic carbocycles. The van der Waals surface area contributed by atoms with Crippen LogP contribution in [-0.4, -0.2) is 26.6 Å². The number of nitrogens with zero attached hydrogens (tertiary/aromatic N) is 3. The van der Waals surface area contributed by atoms with Crippen molar-refractivity contribution in [1.82, 2.24) is 20.3 Å². The van der Waals surface area contributed by atoms with Crippen LogP contribution < -0.4 is 5.32 Å². The fraction of sp³-hybridized carbons (Fsp3) is 0.474. The highest BCUT2D eigenvalue weighted by Crippen LogP contribution is 2.28. The maximum atomic E-state index is 13.2. The largest absolute Gasteiger partial charge is 0.451 e. The van der Waals surface area contributed by atoms with Crippen LogP contribution >= 0.6 is 0 Å². The lowest BCUT2D eigenvalue weighted by Crippen LogP contribution is -2.32. The number of rotatable bonds is 4. The molecule has 30 heavy (non-hydrogen) atoms. The summed E-state index contributed by atoms with van der Waals surface area (Å²) in [6.07, 6.45) is -5.68. The Morgan fingerprint density at radius 1 is 1.07 bits per heavy atom. The molecule has 0 saturated heterocycles. The highest BCUT2D eigenvalue weighted by Gasteiger charge is 2.34.